The highest BCUT2D eigenvalue weighted by molar-refractivity contribution is 7.48. The molecule has 0 heterocycles. The van der Waals surface area contributed by atoms with E-state index in [1.54, 1.807) is 0 Å². The van der Waals surface area contributed by atoms with Crippen LogP contribution in [0.1, 0.15) is 58.2 Å². The third-order valence-electron chi connectivity index (χ3n) is 4.17. The molecule has 6 nitrogen and oxygen atoms in total. The second-order valence-electron chi connectivity index (χ2n) is 8.76. The smallest absolute Gasteiger partial charge is 0.503 e. The predicted molar refractivity (Wildman–Crippen MR) is 116 cm³/mol. The highest BCUT2D eigenvalue weighted by Crippen LogP contribution is 2.40. The maximum absolute atomic E-state index is 12.4. The molecule has 0 aliphatic rings. The van der Waals surface area contributed by atoms with Crippen molar-refractivity contribution in [2.75, 3.05) is 0 Å². The fraction of sp³-hybridized carbons (Fsp3) is 0.409. The minimum atomic E-state index is -2.28. The van der Waals surface area contributed by atoms with Gasteiger partial charge in [-0.25, -0.2) is 4.79 Å². The van der Waals surface area contributed by atoms with Gasteiger partial charge in [-0.1, -0.05) is 59.7 Å². The lowest BCUT2D eigenvalue weighted by Crippen LogP contribution is -2.18. The summed E-state index contributed by atoms with van der Waals surface area (Å²) in [4.78, 5) is 8.56. The topological polar surface area (TPSA) is 104 Å². The molecule has 0 bridgehead atoms. The average Bonchev–Trinajstić information content (AvgIpc) is 2.58. The predicted octanol–water partition coefficient (Wildman–Crippen LogP) is 5.53. The number of benzene rings is 2. The van der Waals surface area contributed by atoms with Crippen molar-refractivity contribution in [3.05, 3.63) is 59.2 Å². The summed E-state index contributed by atoms with van der Waals surface area (Å²) in [6, 6.07) is 13.2. The van der Waals surface area contributed by atoms with Crippen molar-refractivity contribution >= 4 is 19.5 Å². The zero-order valence-corrected chi connectivity index (χ0v) is 18.8. The molecule has 1 unspecified atom stereocenters. The summed E-state index contributed by atoms with van der Waals surface area (Å²) in [7, 11) is -2.28. The van der Waals surface area contributed by atoms with Crippen LogP contribution >= 0.6 is 8.03 Å². The number of phenolic OH excluding ortho intramolecular Hbond substituents is 1. The molecule has 0 aliphatic heterocycles. The minimum Gasteiger partial charge on any atom is -0.507 e. The molecule has 2 aromatic rings. The third-order valence-corrected chi connectivity index (χ3v) is 5.38. The number of rotatable bonds is 4. The second kappa shape index (κ2) is 9.95. The summed E-state index contributed by atoms with van der Waals surface area (Å²) < 4.78 is 18.0. The van der Waals surface area contributed by atoms with Gasteiger partial charge in [-0.2, -0.15) is 0 Å². The van der Waals surface area contributed by atoms with E-state index in [0.717, 1.165) is 22.0 Å². The van der Waals surface area contributed by atoms with Crippen molar-refractivity contribution in [3.63, 3.8) is 0 Å². The molecule has 0 saturated heterocycles. The number of hydrogen-bond acceptors (Lipinski definition) is 4. The van der Waals surface area contributed by atoms with Crippen molar-refractivity contribution in [3.8, 4) is 5.75 Å². The fourth-order valence-corrected chi connectivity index (χ4v) is 3.66. The van der Waals surface area contributed by atoms with Crippen LogP contribution in [-0.2, 0) is 26.5 Å². The first-order valence-corrected chi connectivity index (χ1v) is 10.6. The Labute approximate surface area is 173 Å². The van der Waals surface area contributed by atoms with Crippen LogP contribution in [0.5, 0.6) is 5.75 Å². The van der Waals surface area contributed by atoms with Gasteiger partial charge in [-0.3, -0.25) is 4.57 Å². The largest absolute Gasteiger partial charge is 0.507 e. The molecule has 1 atom stereocenters. The van der Waals surface area contributed by atoms with E-state index in [1.807, 2.05) is 42.5 Å². The van der Waals surface area contributed by atoms with E-state index >= 15 is 0 Å². The van der Waals surface area contributed by atoms with Gasteiger partial charge in [0.2, 0.25) is 8.03 Å². The molecule has 0 spiro atoms. The van der Waals surface area contributed by atoms with Gasteiger partial charge in [-0.05, 0) is 51.8 Å². The molecule has 0 saturated carbocycles. The second-order valence-corrected chi connectivity index (χ2v) is 10.2. The Morgan fingerprint density at radius 3 is 1.72 bits per heavy atom. The highest BCUT2D eigenvalue weighted by atomic mass is 31.1. The lowest BCUT2D eigenvalue weighted by molar-refractivity contribution is 0.137. The first-order chi connectivity index (χ1) is 13.2. The maximum atomic E-state index is 12.4. The van der Waals surface area contributed by atoms with Gasteiger partial charge in [0.1, 0.15) is 5.75 Å². The van der Waals surface area contributed by atoms with Gasteiger partial charge < -0.3 is 19.8 Å². The highest BCUT2D eigenvalue weighted by Gasteiger charge is 2.26. The van der Waals surface area contributed by atoms with Crippen LogP contribution in [-0.4, -0.2) is 21.5 Å². The zero-order chi connectivity index (χ0) is 22.4. The molecule has 2 rings (SSSR count). The van der Waals surface area contributed by atoms with Crippen LogP contribution in [0.25, 0.3) is 0 Å². The standard InChI is InChI=1S/C21H29O3P.CH2O3/c1-20(2,3)17-12-15(13-18(19(17)22)21(4,5)6)14-24-25(23)16-10-8-7-9-11-16;2-1(3)4/h7-13,22,25H,14H2,1-6H3;(H2,2,3,4). The monoisotopic (exact) mass is 422 g/mol. The zero-order valence-electron chi connectivity index (χ0n) is 17.8. The Bertz CT molecular complexity index is 809. The molecule has 29 heavy (non-hydrogen) atoms. The van der Waals surface area contributed by atoms with Crippen LogP contribution in [0.3, 0.4) is 0 Å². The van der Waals surface area contributed by atoms with Crippen LogP contribution in [0.2, 0.25) is 0 Å². The van der Waals surface area contributed by atoms with E-state index in [4.69, 9.17) is 19.5 Å². The van der Waals surface area contributed by atoms with Crippen LogP contribution < -0.4 is 5.30 Å². The molecule has 0 amide bonds. The van der Waals surface area contributed by atoms with Gasteiger partial charge in [-0.15, -0.1) is 0 Å². The normalized spacial score (nSPS) is 12.6. The molecule has 7 heteroatoms. The molecule has 0 aromatic heterocycles. The van der Waals surface area contributed by atoms with E-state index in [2.05, 4.69) is 41.5 Å². The Balaban J connectivity index is 0.000000960. The van der Waals surface area contributed by atoms with Crippen molar-refractivity contribution in [2.45, 2.75) is 59.0 Å². The molecule has 0 fully saturated rings. The van der Waals surface area contributed by atoms with Crippen molar-refractivity contribution in [1.82, 2.24) is 0 Å². The quantitative estimate of drug-likeness (QED) is 0.560. The molecule has 160 valence electrons. The summed E-state index contributed by atoms with van der Waals surface area (Å²) in [5.41, 5.74) is 2.33. The first-order valence-electron chi connectivity index (χ1n) is 9.24. The van der Waals surface area contributed by atoms with Crippen molar-refractivity contribution in [1.29, 1.82) is 0 Å². The molecular formula is C22H31O6P. The lowest BCUT2D eigenvalue weighted by atomic mass is 9.78. The maximum Gasteiger partial charge on any atom is 0.503 e. The van der Waals surface area contributed by atoms with Gasteiger partial charge in [0.05, 0.1) is 6.61 Å². The summed E-state index contributed by atoms with van der Waals surface area (Å²) in [6.07, 6.45) is -1.83. The van der Waals surface area contributed by atoms with Crippen molar-refractivity contribution in [2.24, 2.45) is 0 Å². The first kappa shape index (κ1) is 24.7. The Morgan fingerprint density at radius 2 is 1.34 bits per heavy atom. The Kier molecular flexibility index (Phi) is 8.49. The summed E-state index contributed by atoms with van der Waals surface area (Å²) in [5, 5.41) is 25.4. The average molecular weight is 422 g/mol. The van der Waals surface area contributed by atoms with Gasteiger partial charge in [0.25, 0.3) is 0 Å². The minimum absolute atomic E-state index is 0.190. The number of phenols is 1. The molecular weight excluding hydrogens is 391 g/mol. The van der Waals surface area contributed by atoms with Crippen LogP contribution in [0.4, 0.5) is 4.79 Å². The molecule has 0 radical (unpaired) electrons. The third kappa shape index (κ3) is 7.92. The summed E-state index contributed by atoms with van der Waals surface area (Å²) in [6.45, 7) is 12.7. The fourth-order valence-electron chi connectivity index (χ4n) is 2.73. The van der Waals surface area contributed by atoms with E-state index in [-0.39, 0.29) is 17.4 Å². The van der Waals surface area contributed by atoms with Crippen LogP contribution in [0, 0.1) is 0 Å². The molecule has 0 aliphatic carbocycles. The van der Waals surface area contributed by atoms with Gasteiger partial charge in [0, 0.05) is 5.30 Å². The van der Waals surface area contributed by atoms with Gasteiger partial charge >= 0.3 is 6.16 Å². The van der Waals surface area contributed by atoms with E-state index in [0.29, 0.717) is 5.75 Å². The molecule has 2 aromatic carbocycles. The molecule has 3 N–H and O–H groups in total. The Hall–Kier alpha value is -2.30. The number of hydrogen-bond donors (Lipinski definition) is 3. The van der Waals surface area contributed by atoms with E-state index in [9.17, 15) is 9.67 Å². The summed E-state index contributed by atoms with van der Waals surface area (Å²) >= 11 is 0. The van der Waals surface area contributed by atoms with Crippen molar-refractivity contribution < 1.29 is 29.2 Å². The van der Waals surface area contributed by atoms with E-state index in [1.165, 1.54) is 0 Å². The van der Waals surface area contributed by atoms with E-state index < -0.39 is 14.2 Å². The SMILES string of the molecule is CC(C)(C)c1cc(CO[PH](=O)c2ccccc2)cc(C(C)(C)C)c1O.O=C(O)O. The number of carboxylic acid groups (broad SMARTS) is 2. The van der Waals surface area contributed by atoms with Gasteiger partial charge in [0.15, 0.2) is 0 Å². The lowest BCUT2D eigenvalue weighted by Gasteiger charge is -2.28. The Morgan fingerprint density at radius 1 is 0.931 bits per heavy atom. The summed E-state index contributed by atoms with van der Waals surface area (Å²) in [5.74, 6) is 0.347. The number of carbonyl (C=O) groups is 1. The van der Waals surface area contributed by atoms with Crippen LogP contribution in [0.15, 0.2) is 42.5 Å². The number of aromatic hydroxyl groups is 1.